The third-order valence-electron chi connectivity index (χ3n) is 4.40. The zero-order valence-electron chi connectivity index (χ0n) is 15.8. The number of amides is 1. The van der Waals surface area contributed by atoms with Crippen LogP contribution < -0.4 is 4.90 Å². The standard InChI is InChI=1S/C22H19ClN2O2S2/c1-15-10-17(23)11-19-21(15)24-22(29-19)25(12-18-8-5-9-27-18)20(26)14-28-13-16-6-3-2-4-7-16/h2-11H,12-14H2,1H3. The van der Waals surface area contributed by atoms with Crippen molar-refractivity contribution in [1.29, 1.82) is 0 Å². The number of anilines is 1. The van der Waals surface area contributed by atoms with E-state index in [1.165, 1.54) is 16.9 Å². The molecule has 7 heteroatoms. The Bertz CT molecular complexity index is 1110. The summed E-state index contributed by atoms with van der Waals surface area (Å²) >= 11 is 9.27. The van der Waals surface area contributed by atoms with E-state index < -0.39 is 0 Å². The van der Waals surface area contributed by atoms with Crippen LogP contribution in [0.3, 0.4) is 0 Å². The van der Waals surface area contributed by atoms with E-state index >= 15 is 0 Å². The molecular weight excluding hydrogens is 424 g/mol. The lowest BCUT2D eigenvalue weighted by Crippen LogP contribution is -2.31. The molecule has 0 aliphatic heterocycles. The average Bonchev–Trinajstić information content (AvgIpc) is 3.36. The van der Waals surface area contributed by atoms with Gasteiger partial charge in [-0.3, -0.25) is 9.69 Å². The number of hydrogen-bond donors (Lipinski definition) is 0. The molecule has 0 radical (unpaired) electrons. The maximum absolute atomic E-state index is 13.1. The first-order chi connectivity index (χ1) is 14.1. The first kappa shape index (κ1) is 20.0. The zero-order chi connectivity index (χ0) is 20.2. The van der Waals surface area contributed by atoms with Gasteiger partial charge in [-0.05, 0) is 42.3 Å². The largest absolute Gasteiger partial charge is 0.467 e. The van der Waals surface area contributed by atoms with Crippen LogP contribution in [0.1, 0.15) is 16.9 Å². The number of furan rings is 1. The second kappa shape index (κ2) is 9.03. The Morgan fingerprint density at radius 2 is 2.03 bits per heavy atom. The van der Waals surface area contributed by atoms with Crippen LogP contribution in [0, 0.1) is 6.92 Å². The van der Waals surface area contributed by atoms with Crippen LogP contribution in [0.15, 0.2) is 65.3 Å². The number of aryl methyl sites for hydroxylation is 1. The summed E-state index contributed by atoms with van der Waals surface area (Å²) in [5.74, 6) is 1.88. The van der Waals surface area contributed by atoms with Crippen LogP contribution in [0.2, 0.25) is 5.02 Å². The van der Waals surface area contributed by atoms with Crippen LogP contribution >= 0.6 is 34.7 Å². The predicted molar refractivity (Wildman–Crippen MR) is 122 cm³/mol. The smallest absolute Gasteiger partial charge is 0.239 e. The Morgan fingerprint density at radius 3 is 2.79 bits per heavy atom. The number of halogens is 1. The highest BCUT2D eigenvalue weighted by molar-refractivity contribution is 7.99. The van der Waals surface area contributed by atoms with E-state index in [-0.39, 0.29) is 5.91 Å². The van der Waals surface area contributed by atoms with Crippen LogP contribution in [0.4, 0.5) is 5.13 Å². The number of carbonyl (C=O) groups excluding carboxylic acids is 1. The minimum Gasteiger partial charge on any atom is -0.467 e. The Kier molecular flexibility index (Phi) is 6.23. The summed E-state index contributed by atoms with van der Waals surface area (Å²) < 4.78 is 6.45. The van der Waals surface area contributed by atoms with E-state index in [1.807, 2.05) is 49.4 Å². The maximum atomic E-state index is 13.1. The Labute approximate surface area is 182 Å². The van der Waals surface area contributed by atoms with Gasteiger partial charge in [-0.15, -0.1) is 11.8 Å². The molecule has 2 heterocycles. The highest BCUT2D eigenvalue weighted by atomic mass is 35.5. The molecule has 0 unspecified atom stereocenters. The van der Waals surface area contributed by atoms with Crippen molar-refractivity contribution in [2.24, 2.45) is 0 Å². The third-order valence-corrected chi connectivity index (χ3v) is 6.63. The lowest BCUT2D eigenvalue weighted by molar-refractivity contribution is -0.116. The number of benzene rings is 2. The molecule has 4 nitrogen and oxygen atoms in total. The molecule has 0 spiro atoms. The van der Waals surface area contributed by atoms with E-state index in [4.69, 9.17) is 21.0 Å². The Balaban J connectivity index is 1.56. The number of aromatic nitrogens is 1. The molecule has 148 valence electrons. The Morgan fingerprint density at radius 1 is 1.21 bits per heavy atom. The number of hydrogen-bond acceptors (Lipinski definition) is 5. The summed E-state index contributed by atoms with van der Waals surface area (Å²) in [5, 5.41) is 1.33. The summed E-state index contributed by atoms with van der Waals surface area (Å²) in [4.78, 5) is 19.5. The van der Waals surface area contributed by atoms with Gasteiger partial charge in [-0.1, -0.05) is 53.3 Å². The lowest BCUT2D eigenvalue weighted by atomic mass is 10.2. The van der Waals surface area contributed by atoms with Gasteiger partial charge < -0.3 is 4.42 Å². The molecule has 0 bridgehead atoms. The third kappa shape index (κ3) is 4.83. The molecule has 2 aromatic carbocycles. The van der Waals surface area contributed by atoms with E-state index in [2.05, 4.69) is 12.1 Å². The van der Waals surface area contributed by atoms with Crippen LogP contribution in [-0.4, -0.2) is 16.6 Å². The fraction of sp³-hybridized carbons (Fsp3) is 0.182. The van der Waals surface area contributed by atoms with Crippen LogP contribution in [-0.2, 0) is 17.1 Å². The second-order valence-electron chi connectivity index (χ2n) is 6.60. The van der Waals surface area contributed by atoms with Crippen molar-refractivity contribution in [1.82, 2.24) is 4.98 Å². The summed E-state index contributed by atoms with van der Waals surface area (Å²) in [7, 11) is 0. The van der Waals surface area contributed by atoms with Gasteiger partial charge >= 0.3 is 0 Å². The fourth-order valence-electron chi connectivity index (χ4n) is 2.99. The number of rotatable bonds is 7. The van der Waals surface area contributed by atoms with Crippen LogP contribution in [0.25, 0.3) is 10.2 Å². The van der Waals surface area contributed by atoms with Crippen molar-refractivity contribution in [3.05, 3.63) is 82.8 Å². The van der Waals surface area contributed by atoms with Gasteiger partial charge in [-0.25, -0.2) is 4.98 Å². The minimum atomic E-state index is 0.00476. The summed E-state index contributed by atoms with van der Waals surface area (Å²) in [6.45, 7) is 2.33. The first-order valence-electron chi connectivity index (χ1n) is 9.11. The zero-order valence-corrected chi connectivity index (χ0v) is 18.2. The number of thiazole rings is 1. The van der Waals surface area contributed by atoms with Crippen molar-refractivity contribution in [3.63, 3.8) is 0 Å². The fourth-order valence-corrected chi connectivity index (χ4v) is 5.28. The molecule has 0 aliphatic rings. The summed E-state index contributed by atoms with van der Waals surface area (Å²) in [6, 6.07) is 17.6. The van der Waals surface area contributed by atoms with Crippen molar-refractivity contribution in [2.45, 2.75) is 19.2 Å². The molecule has 0 saturated heterocycles. The van der Waals surface area contributed by atoms with Crippen molar-refractivity contribution < 1.29 is 9.21 Å². The number of fused-ring (bicyclic) bond motifs is 1. The minimum absolute atomic E-state index is 0.00476. The normalized spacial score (nSPS) is 11.1. The molecule has 4 aromatic rings. The van der Waals surface area contributed by atoms with Gasteiger partial charge in [0.2, 0.25) is 5.91 Å². The lowest BCUT2D eigenvalue weighted by Gasteiger charge is -2.18. The number of thioether (sulfide) groups is 1. The first-order valence-corrected chi connectivity index (χ1v) is 11.5. The van der Waals surface area contributed by atoms with Crippen LogP contribution in [0.5, 0.6) is 0 Å². The molecule has 0 saturated carbocycles. The molecule has 1 amide bonds. The Hall–Kier alpha value is -2.28. The highest BCUT2D eigenvalue weighted by Gasteiger charge is 2.22. The molecule has 0 atom stereocenters. The van der Waals surface area contributed by atoms with Crippen molar-refractivity contribution in [3.8, 4) is 0 Å². The van der Waals surface area contributed by atoms with Gasteiger partial charge in [0.05, 0.1) is 28.8 Å². The molecular formula is C22H19ClN2O2S2. The maximum Gasteiger partial charge on any atom is 0.239 e. The molecule has 29 heavy (non-hydrogen) atoms. The monoisotopic (exact) mass is 442 g/mol. The second-order valence-corrected chi connectivity index (χ2v) is 9.03. The van der Waals surface area contributed by atoms with Gasteiger partial charge in [0.1, 0.15) is 5.76 Å². The van der Waals surface area contributed by atoms with Crippen molar-refractivity contribution >= 4 is 56.0 Å². The summed E-state index contributed by atoms with van der Waals surface area (Å²) in [5.41, 5.74) is 3.08. The quantitative estimate of drug-likeness (QED) is 0.336. The van der Waals surface area contributed by atoms with E-state index in [1.54, 1.807) is 22.9 Å². The topological polar surface area (TPSA) is 46.3 Å². The van der Waals surface area contributed by atoms with E-state index in [0.29, 0.717) is 22.5 Å². The van der Waals surface area contributed by atoms with Gasteiger partial charge in [0.25, 0.3) is 0 Å². The molecule has 0 fully saturated rings. The average molecular weight is 443 g/mol. The van der Waals surface area contributed by atoms with Gasteiger partial charge in [-0.2, -0.15) is 0 Å². The molecule has 2 aromatic heterocycles. The van der Waals surface area contributed by atoms with Gasteiger partial charge in [0, 0.05) is 10.8 Å². The SMILES string of the molecule is Cc1cc(Cl)cc2sc(N(Cc3ccco3)C(=O)CSCc3ccccc3)nc12. The number of nitrogens with zero attached hydrogens (tertiary/aromatic N) is 2. The molecule has 0 aliphatic carbocycles. The highest BCUT2D eigenvalue weighted by Crippen LogP contribution is 2.34. The summed E-state index contributed by atoms with van der Waals surface area (Å²) in [6.07, 6.45) is 1.62. The van der Waals surface area contributed by atoms with E-state index in [0.717, 1.165) is 27.3 Å². The van der Waals surface area contributed by atoms with Crippen molar-refractivity contribution in [2.75, 3.05) is 10.7 Å². The van der Waals surface area contributed by atoms with Gasteiger partial charge in [0.15, 0.2) is 5.13 Å². The molecule has 0 N–H and O–H groups in total. The number of carbonyl (C=O) groups is 1. The predicted octanol–water partition coefficient (Wildman–Crippen LogP) is 6.32. The molecule has 4 rings (SSSR count). The van der Waals surface area contributed by atoms with E-state index in [9.17, 15) is 4.79 Å².